The first-order valence-corrected chi connectivity index (χ1v) is 15.9. The molecule has 2 aliphatic heterocycles. The van der Waals surface area contributed by atoms with Crippen molar-refractivity contribution in [3.8, 4) is 0 Å². The van der Waals surface area contributed by atoms with Gasteiger partial charge in [0.25, 0.3) is 0 Å². The number of anilines is 2. The first-order chi connectivity index (χ1) is 20.0. The van der Waals surface area contributed by atoms with E-state index in [0.29, 0.717) is 0 Å². The maximum Gasteiger partial charge on any atom is 0.104 e. The highest BCUT2D eigenvalue weighted by Crippen LogP contribution is 2.45. The van der Waals surface area contributed by atoms with Gasteiger partial charge in [-0.15, -0.1) is 22.7 Å². The highest BCUT2D eigenvalue weighted by atomic mass is 32.1. The van der Waals surface area contributed by atoms with E-state index in [4.69, 9.17) is 0 Å². The van der Waals surface area contributed by atoms with Crippen molar-refractivity contribution < 1.29 is 0 Å². The van der Waals surface area contributed by atoms with Gasteiger partial charge in [0.1, 0.15) is 12.3 Å². The highest BCUT2D eigenvalue weighted by Gasteiger charge is 2.32. The van der Waals surface area contributed by atoms with Crippen LogP contribution in [0.2, 0.25) is 0 Å². The Bertz CT molecular complexity index is 1890. The quantitative estimate of drug-likeness (QED) is 0.208. The standard InChI is InChI=1S/C35H32N4S2/c1-22-13-15-28-26-9-5-7-11-30(26)40-34(28)32(22)38-19-17-36(24(38)3)21-37-18-20-39(25(37)4)33-23(2)14-16-29-27-10-6-8-12-31(27)41-35(29)33/h5-20,24-25H,21H2,1-4H3/t24-,25+. The van der Waals surface area contributed by atoms with Gasteiger partial charge in [-0.05, 0) is 51.0 Å². The largest absolute Gasteiger partial charge is 0.338 e. The molecule has 0 N–H and O–H groups in total. The number of hydrogen-bond donors (Lipinski definition) is 0. The van der Waals surface area contributed by atoms with Crippen molar-refractivity contribution in [2.75, 3.05) is 16.5 Å². The van der Waals surface area contributed by atoms with Gasteiger partial charge in [0.15, 0.2) is 0 Å². The van der Waals surface area contributed by atoms with Gasteiger partial charge in [-0.2, -0.15) is 0 Å². The molecule has 2 atom stereocenters. The van der Waals surface area contributed by atoms with Crippen LogP contribution in [0.25, 0.3) is 40.3 Å². The Morgan fingerprint density at radius 1 is 0.537 bits per heavy atom. The summed E-state index contributed by atoms with van der Waals surface area (Å²) >= 11 is 3.81. The molecular formula is C35H32N4S2. The Labute approximate surface area is 248 Å². The molecule has 0 fully saturated rings. The second-order valence-electron chi connectivity index (χ2n) is 11.3. The van der Waals surface area contributed by atoms with Gasteiger partial charge in [-0.1, -0.05) is 60.7 Å². The molecular weight excluding hydrogens is 541 g/mol. The van der Waals surface area contributed by atoms with E-state index in [0.717, 1.165) is 6.67 Å². The summed E-state index contributed by atoms with van der Waals surface area (Å²) in [4.78, 5) is 9.81. The van der Waals surface area contributed by atoms with Crippen molar-refractivity contribution in [3.63, 3.8) is 0 Å². The number of nitrogens with zero attached hydrogens (tertiary/aromatic N) is 4. The summed E-state index contributed by atoms with van der Waals surface area (Å²) in [5, 5.41) is 5.40. The minimum Gasteiger partial charge on any atom is -0.338 e. The van der Waals surface area contributed by atoms with Crippen LogP contribution >= 0.6 is 22.7 Å². The van der Waals surface area contributed by atoms with Gasteiger partial charge in [0, 0.05) is 55.7 Å². The minimum atomic E-state index is 0.215. The molecule has 0 aliphatic carbocycles. The van der Waals surface area contributed by atoms with E-state index in [1.165, 1.54) is 62.8 Å². The first kappa shape index (κ1) is 24.8. The van der Waals surface area contributed by atoms with Gasteiger partial charge < -0.3 is 19.6 Å². The van der Waals surface area contributed by atoms with E-state index in [1.54, 1.807) is 0 Å². The Kier molecular flexibility index (Phi) is 5.60. The molecule has 4 heterocycles. The van der Waals surface area contributed by atoms with Crippen molar-refractivity contribution in [2.24, 2.45) is 0 Å². The summed E-state index contributed by atoms with van der Waals surface area (Å²) in [6, 6.07) is 26.7. The van der Waals surface area contributed by atoms with Crippen molar-refractivity contribution in [3.05, 3.63) is 109 Å². The normalized spacial score (nSPS) is 18.9. The molecule has 6 heteroatoms. The van der Waals surface area contributed by atoms with Crippen LogP contribution in [0.15, 0.2) is 97.6 Å². The van der Waals surface area contributed by atoms with Gasteiger partial charge >= 0.3 is 0 Å². The first-order valence-electron chi connectivity index (χ1n) is 14.3. The summed E-state index contributed by atoms with van der Waals surface area (Å²) in [5.41, 5.74) is 5.28. The molecule has 8 rings (SSSR count). The number of rotatable bonds is 4. The molecule has 2 aromatic heterocycles. The molecule has 0 radical (unpaired) electrons. The Hall–Kier alpha value is -4.00. The summed E-state index contributed by atoms with van der Waals surface area (Å²) in [7, 11) is 0. The fraction of sp³-hybridized carbons (Fsp3) is 0.200. The third-order valence-electron chi connectivity index (χ3n) is 8.89. The third kappa shape index (κ3) is 3.70. The van der Waals surface area contributed by atoms with E-state index in [-0.39, 0.29) is 12.3 Å². The molecule has 4 nitrogen and oxygen atoms in total. The average Bonchev–Trinajstić information content (AvgIpc) is 3.73. The molecule has 41 heavy (non-hydrogen) atoms. The fourth-order valence-corrected chi connectivity index (χ4v) is 9.17. The van der Waals surface area contributed by atoms with E-state index in [2.05, 4.69) is 145 Å². The lowest BCUT2D eigenvalue weighted by atomic mass is 10.1. The van der Waals surface area contributed by atoms with Crippen LogP contribution in [0, 0.1) is 13.8 Å². The summed E-state index contributed by atoms with van der Waals surface area (Å²) in [6.07, 6.45) is 9.48. The van der Waals surface area contributed by atoms with Crippen molar-refractivity contribution >= 4 is 74.4 Å². The molecule has 0 saturated heterocycles. The zero-order valence-corrected chi connectivity index (χ0v) is 25.3. The van der Waals surface area contributed by atoms with E-state index in [1.807, 2.05) is 22.7 Å². The van der Waals surface area contributed by atoms with Crippen LogP contribution in [-0.2, 0) is 0 Å². The maximum absolute atomic E-state index is 2.46. The molecule has 204 valence electrons. The number of hydrogen-bond acceptors (Lipinski definition) is 6. The fourth-order valence-electron chi connectivity index (χ4n) is 6.56. The molecule has 4 aromatic carbocycles. The van der Waals surface area contributed by atoms with E-state index < -0.39 is 0 Å². The van der Waals surface area contributed by atoms with Crippen LogP contribution < -0.4 is 9.80 Å². The van der Waals surface area contributed by atoms with Crippen molar-refractivity contribution in [1.82, 2.24) is 9.80 Å². The zero-order valence-electron chi connectivity index (χ0n) is 23.7. The van der Waals surface area contributed by atoms with Gasteiger partial charge in [0.2, 0.25) is 0 Å². The van der Waals surface area contributed by atoms with Crippen LogP contribution in [0.1, 0.15) is 25.0 Å². The summed E-state index contributed by atoms with van der Waals surface area (Å²) in [6.45, 7) is 9.93. The Morgan fingerprint density at radius 3 is 1.44 bits per heavy atom. The molecule has 0 bridgehead atoms. The lowest BCUT2D eigenvalue weighted by Gasteiger charge is -2.37. The summed E-state index contributed by atoms with van der Waals surface area (Å²) in [5.74, 6) is 0. The average molecular weight is 573 g/mol. The second-order valence-corrected chi connectivity index (χ2v) is 13.4. The highest BCUT2D eigenvalue weighted by molar-refractivity contribution is 7.26. The van der Waals surface area contributed by atoms with Crippen molar-refractivity contribution in [1.29, 1.82) is 0 Å². The van der Waals surface area contributed by atoms with Gasteiger partial charge in [0.05, 0.1) is 27.4 Å². The molecule has 2 aliphatic rings. The van der Waals surface area contributed by atoms with Crippen LogP contribution in [0.3, 0.4) is 0 Å². The number of benzene rings is 4. The van der Waals surface area contributed by atoms with E-state index in [9.17, 15) is 0 Å². The van der Waals surface area contributed by atoms with Crippen LogP contribution in [-0.4, -0.2) is 28.8 Å². The number of thiophene rings is 2. The molecule has 6 aromatic rings. The maximum atomic E-state index is 2.46. The second kappa shape index (κ2) is 9.26. The number of aryl methyl sites for hydroxylation is 2. The lowest BCUT2D eigenvalue weighted by molar-refractivity contribution is 0.176. The zero-order chi connectivity index (χ0) is 27.8. The topological polar surface area (TPSA) is 13.0 Å². The Balaban J connectivity index is 1.08. The predicted molar refractivity (Wildman–Crippen MR) is 179 cm³/mol. The smallest absolute Gasteiger partial charge is 0.104 e. The molecule has 0 unspecified atom stereocenters. The molecule has 0 saturated carbocycles. The number of fused-ring (bicyclic) bond motifs is 6. The van der Waals surface area contributed by atoms with E-state index >= 15 is 0 Å². The lowest BCUT2D eigenvalue weighted by Crippen LogP contribution is -2.45. The van der Waals surface area contributed by atoms with Crippen LogP contribution in [0.5, 0.6) is 0 Å². The molecule has 0 amide bonds. The Morgan fingerprint density at radius 2 is 0.976 bits per heavy atom. The SMILES string of the molecule is Cc1ccc2c(sc3ccccc32)c1N1C=CN(CN2C=CN(c3c(C)ccc4c3sc3ccccc34)[C@H]2C)[C@H]1C. The monoisotopic (exact) mass is 572 g/mol. The third-order valence-corrected chi connectivity index (χ3v) is 11.3. The minimum absolute atomic E-state index is 0.215. The van der Waals surface area contributed by atoms with Crippen molar-refractivity contribution in [2.45, 2.75) is 40.0 Å². The van der Waals surface area contributed by atoms with Crippen LogP contribution in [0.4, 0.5) is 11.4 Å². The molecule has 0 spiro atoms. The van der Waals surface area contributed by atoms with Gasteiger partial charge in [-0.3, -0.25) is 0 Å². The van der Waals surface area contributed by atoms with Gasteiger partial charge in [-0.25, -0.2) is 0 Å². The summed E-state index contributed by atoms with van der Waals surface area (Å²) < 4.78 is 5.44. The predicted octanol–water partition coefficient (Wildman–Crippen LogP) is 9.58.